The maximum atomic E-state index is 12.4. The molecule has 0 aliphatic rings. The van der Waals surface area contributed by atoms with Gasteiger partial charge < -0.3 is 19.5 Å². The number of nitrogens with one attached hydrogen (secondary N) is 1. The van der Waals surface area contributed by atoms with Gasteiger partial charge in [0.25, 0.3) is 0 Å². The SMILES string of the molecule is COCC(CC(=O)c1ccccc1OC)NC(=O)OC(C)(C)C. The Morgan fingerprint density at radius 2 is 1.83 bits per heavy atom. The van der Waals surface area contributed by atoms with Crippen LogP contribution in [-0.2, 0) is 9.47 Å². The van der Waals surface area contributed by atoms with E-state index in [4.69, 9.17) is 14.2 Å². The second-order valence-electron chi connectivity index (χ2n) is 6.13. The van der Waals surface area contributed by atoms with E-state index in [1.165, 1.54) is 14.2 Å². The molecule has 0 aliphatic heterocycles. The molecular formula is C17H25NO5. The highest BCUT2D eigenvalue weighted by Crippen LogP contribution is 2.19. The molecule has 1 rings (SSSR count). The molecule has 6 nitrogen and oxygen atoms in total. The molecule has 0 spiro atoms. The molecule has 0 aromatic heterocycles. The molecule has 6 heteroatoms. The van der Waals surface area contributed by atoms with Crippen molar-refractivity contribution in [3.05, 3.63) is 29.8 Å². The van der Waals surface area contributed by atoms with Gasteiger partial charge in [-0.15, -0.1) is 0 Å². The first-order chi connectivity index (χ1) is 10.8. The average Bonchev–Trinajstić information content (AvgIpc) is 2.45. The summed E-state index contributed by atoms with van der Waals surface area (Å²) in [5.74, 6) is 0.367. The van der Waals surface area contributed by atoms with E-state index < -0.39 is 17.7 Å². The third-order valence-corrected chi connectivity index (χ3v) is 2.93. The van der Waals surface area contributed by atoms with Gasteiger partial charge in [-0.25, -0.2) is 4.79 Å². The fraction of sp³-hybridized carbons (Fsp3) is 0.529. The summed E-state index contributed by atoms with van der Waals surface area (Å²) in [5.41, 5.74) is -0.129. The van der Waals surface area contributed by atoms with Gasteiger partial charge in [-0.3, -0.25) is 4.79 Å². The molecule has 0 heterocycles. The molecule has 0 aliphatic carbocycles. The molecule has 0 fully saturated rings. The van der Waals surface area contributed by atoms with E-state index in [2.05, 4.69) is 5.32 Å². The highest BCUT2D eigenvalue weighted by Gasteiger charge is 2.23. The van der Waals surface area contributed by atoms with E-state index in [1.807, 2.05) is 0 Å². The number of para-hydroxylation sites is 1. The lowest BCUT2D eigenvalue weighted by molar-refractivity contribution is 0.0464. The Kier molecular flexibility index (Phi) is 7.03. The monoisotopic (exact) mass is 323 g/mol. The minimum Gasteiger partial charge on any atom is -0.496 e. The first kappa shape index (κ1) is 19.0. The zero-order chi connectivity index (χ0) is 17.5. The normalized spacial score (nSPS) is 12.4. The molecule has 1 unspecified atom stereocenters. The Bertz CT molecular complexity index is 536. The molecule has 1 aromatic carbocycles. The largest absolute Gasteiger partial charge is 0.496 e. The lowest BCUT2D eigenvalue weighted by atomic mass is 10.0. The Hall–Kier alpha value is -2.08. The predicted octanol–water partition coefficient (Wildman–Crippen LogP) is 2.81. The lowest BCUT2D eigenvalue weighted by Gasteiger charge is -2.23. The van der Waals surface area contributed by atoms with Crippen molar-refractivity contribution in [1.29, 1.82) is 0 Å². The third-order valence-electron chi connectivity index (χ3n) is 2.93. The highest BCUT2D eigenvalue weighted by molar-refractivity contribution is 5.99. The van der Waals surface area contributed by atoms with Crippen LogP contribution >= 0.6 is 0 Å². The Morgan fingerprint density at radius 3 is 2.39 bits per heavy atom. The number of ether oxygens (including phenoxy) is 3. The summed E-state index contributed by atoms with van der Waals surface area (Å²) in [4.78, 5) is 24.3. The summed E-state index contributed by atoms with van der Waals surface area (Å²) in [5, 5.41) is 2.66. The lowest BCUT2D eigenvalue weighted by Crippen LogP contribution is -2.42. The molecule has 1 amide bonds. The van der Waals surface area contributed by atoms with Crippen LogP contribution in [-0.4, -0.2) is 44.3 Å². The van der Waals surface area contributed by atoms with E-state index in [0.29, 0.717) is 11.3 Å². The maximum Gasteiger partial charge on any atom is 0.407 e. The van der Waals surface area contributed by atoms with E-state index >= 15 is 0 Å². The molecule has 128 valence electrons. The van der Waals surface area contributed by atoms with Crippen molar-refractivity contribution in [2.24, 2.45) is 0 Å². The summed E-state index contributed by atoms with van der Waals surface area (Å²) in [6.07, 6.45) is -0.486. The molecule has 1 N–H and O–H groups in total. The Morgan fingerprint density at radius 1 is 1.17 bits per heavy atom. The Labute approximate surface area is 137 Å². The van der Waals surface area contributed by atoms with Gasteiger partial charge in [0.2, 0.25) is 0 Å². The van der Waals surface area contributed by atoms with Crippen LogP contribution in [0.25, 0.3) is 0 Å². The van der Waals surface area contributed by atoms with E-state index in [1.54, 1.807) is 45.0 Å². The number of alkyl carbamates (subject to hydrolysis) is 1. The number of carbonyl (C=O) groups is 2. The van der Waals surface area contributed by atoms with Crippen molar-refractivity contribution in [3.8, 4) is 5.75 Å². The first-order valence-corrected chi connectivity index (χ1v) is 7.41. The molecule has 0 radical (unpaired) electrons. The molecule has 1 atom stereocenters. The summed E-state index contributed by atoms with van der Waals surface area (Å²) in [7, 11) is 3.02. The number of rotatable bonds is 7. The number of hydrogen-bond acceptors (Lipinski definition) is 5. The fourth-order valence-electron chi connectivity index (χ4n) is 2.04. The average molecular weight is 323 g/mol. The molecular weight excluding hydrogens is 298 g/mol. The second-order valence-corrected chi connectivity index (χ2v) is 6.13. The van der Waals surface area contributed by atoms with Crippen molar-refractivity contribution in [1.82, 2.24) is 5.32 Å². The second kappa shape index (κ2) is 8.53. The van der Waals surface area contributed by atoms with Gasteiger partial charge in [0.1, 0.15) is 11.4 Å². The van der Waals surface area contributed by atoms with Crippen LogP contribution in [0.15, 0.2) is 24.3 Å². The van der Waals surface area contributed by atoms with Crippen molar-refractivity contribution >= 4 is 11.9 Å². The van der Waals surface area contributed by atoms with Crippen LogP contribution in [0.4, 0.5) is 4.79 Å². The predicted molar refractivity (Wildman–Crippen MR) is 87.0 cm³/mol. The number of Topliss-reactive ketones (excluding diaryl/α,β-unsaturated/α-hetero) is 1. The van der Waals surface area contributed by atoms with Gasteiger partial charge in [0.05, 0.1) is 25.3 Å². The molecule has 0 saturated carbocycles. The van der Waals surface area contributed by atoms with E-state index in [9.17, 15) is 9.59 Å². The smallest absolute Gasteiger partial charge is 0.407 e. The summed E-state index contributed by atoms with van der Waals surface area (Å²) in [6, 6.07) is 6.49. The molecule has 23 heavy (non-hydrogen) atoms. The van der Waals surface area contributed by atoms with Gasteiger partial charge in [-0.05, 0) is 32.9 Å². The van der Waals surface area contributed by atoms with Crippen LogP contribution in [0.1, 0.15) is 37.6 Å². The van der Waals surface area contributed by atoms with Crippen molar-refractivity contribution in [2.45, 2.75) is 38.8 Å². The quantitative estimate of drug-likeness (QED) is 0.781. The van der Waals surface area contributed by atoms with Gasteiger partial charge in [-0.2, -0.15) is 0 Å². The minimum atomic E-state index is -0.603. The molecule has 0 saturated heterocycles. The number of methoxy groups -OCH3 is 2. The fourth-order valence-corrected chi connectivity index (χ4v) is 2.04. The molecule has 0 bridgehead atoms. The van der Waals surface area contributed by atoms with Crippen molar-refractivity contribution < 1.29 is 23.8 Å². The van der Waals surface area contributed by atoms with Crippen LogP contribution in [0, 0.1) is 0 Å². The van der Waals surface area contributed by atoms with Crippen LogP contribution in [0.3, 0.4) is 0 Å². The summed E-state index contributed by atoms with van der Waals surface area (Å²) >= 11 is 0. The van der Waals surface area contributed by atoms with Gasteiger partial charge >= 0.3 is 6.09 Å². The van der Waals surface area contributed by atoms with E-state index in [0.717, 1.165) is 0 Å². The van der Waals surface area contributed by atoms with Crippen molar-refractivity contribution in [3.63, 3.8) is 0 Å². The third kappa shape index (κ3) is 6.69. The zero-order valence-electron chi connectivity index (χ0n) is 14.3. The topological polar surface area (TPSA) is 73.9 Å². The zero-order valence-corrected chi connectivity index (χ0v) is 14.3. The minimum absolute atomic E-state index is 0.0907. The number of benzene rings is 1. The number of ketones is 1. The van der Waals surface area contributed by atoms with Gasteiger partial charge in [0, 0.05) is 13.5 Å². The number of hydrogen-bond donors (Lipinski definition) is 1. The van der Waals surface area contributed by atoms with Crippen LogP contribution in [0.5, 0.6) is 5.75 Å². The number of amides is 1. The highest BCUT2D eigenvalue weighted by atomic mass is 16.6. The van der Waals surface area contributed by atoms with Crippen LogP contribution in [0.2, 0.25) is 0 Å². The Balaban J connectivity index is 2.75. The van der Waals surface area contributed by atoms with Gasteiger partial charge in [-0.1, -0.05) is 12.1 Å². The maximum absolute atomic E-state index is 12.4. The molecule has 1 aromatic rings. The standard InChI is InChI=1S/C17H25NO5/c1-17(2,3)23-16(20)18-12(11-21-4)10-14(19)13-8-6-7-9-15(13)22-5/h6-9,12H,10-11H2,1-5H3,(H,18,20). The van der Waals surface area contributed by atoms with Crippen LogP contribution < -0.4 is 10.1 Å². The van der Waals surface area contributed by atoms with Gasteiger partial charge in [0.15, 0.2) is 5.78 Å². The number of carbonyl (C=O) groups excluding carboxylic acids is 2. The first-order valence-electron chi connectivity index (χ1n) is 7.41. The summed E-state index contributed by atoms with van der Waals surface area (Å²) < 4.78 is 15.5. The summed E-state index contributed by atoms with van der Waals surface area (Å²) in [6.45, 7) is 5.54. The van der Waals surface area contributed by atoms with Crippen molar-refractivity contribution in [2.75, 3.05) is 20.8 Å². The van der Waals surface area contributed by atoms with E-state index in [-0.39, 0.29) is 18.8 Å².